The van der Waals surface area contributed by atoms with Gasteiger partial charge in [0.2, 0.25) is 5.91 Å². The molecule has 230 valence electrons. The summed E-state index contributed by atoms with van der Waals surface area (Å²) in [6.45, 7) is 4.65. The van der Waals surface area contributed by atoms with Crippen LogP contribution in [0.4, 0.5) is 21.1 Å². The molecule has 0 saturated heterocycles. The molecule has 0 saturated carbocycles. The number of ether oxygens (including phenoxy) is 2. The van der Waals surface area contributed by atoms with Crippen molar-refractivity contribution in [2.75, 3.05) is 23.8 Å². The highest BCUT2D eigenvalue weighted by Gasteiger charge is 2.38. The molecule has 1 unspecified atom stereocenters. The molecule has 0 bridgehead atoms. The fourth-order valence-electron chi connectivity index (χ4n) is 4.80. The highest BCUT2D eigenvalue weighted by atomic mass is 16.6. The van der Waals surface area contributed by atoms with E-state index in [4.69, 9.17) is 15.2 Å². The van der Waals surface area contributed by atoms with Crippen molar-refractivity contribution in [1.29, 1.82) is 0 Å². The fourth-order valence-corrected chi connectivity index (χ4v) is 4.80. The monoisotopic (exact) mass is 598 g/mol. The van der Waals surface area contributed by atoms with Crippen LogP contribution < -0.4 is 21.7 Å². The minimum absolute atomic E-state index is 0.168. The number of nitrogens with one attached hydrogen (secondary N) is 3. The number of amides is 3. The predicted molar refractivity (Wildman–Crippen MR) is 168 cm³/mol. The van der Waals surface area contributed by atoms with Gasteiger partial charge in [-0.1, -0.05) is 91.0 Å². The number of hydrogen-bond donors (Lipinski definition) is 4. The Morgan fingerprint density at radius 2 is 1.36 bits per heavy atom. The quantitative estimate of drug-likeness (QED) is 0.178. The van der Waals surface area contributed by atoms with Crippen molar-refractivity contribution in [3.05, 3.63) is 114 Å². The molecule has 11 heteroatoms. The summed E-state index contributed by atoms with van der Waals surface area (Å²) in [5.41, 5.74) is 6.82. The third-order valence-electron chi connectivity index (χ3n) is 6.81. The van der Waals surface area contributed by atoms with Gasteiger partial charge in [0, 0.05) is 13.6 Å². The van der Waals surface area contributed by atoms with E-state index in [0.29, 0.717) is 11.5 Å². The Morgan fingerprint density at radius 1 is 0.864 bits per heavy atom. The Kier molecular flexibility index (Phi) is 9.89. The van der Waals surface area contributed by atoms with E-state index in [2.05, 4.69) is 21.0 Å². The van der Waals surface area contributed by atoms with Gasteiger partial charge in [-0.3, -0.25) is 9.48 Å². The van der Waals surface area contributed by atoms with E-state index in [1.54, 1.807) is 32.5 Å². The Hall–Kier alpha value is -5.32. The first-order valence-corrected chi connectivity index (χ1v) is 14.2. The van der Waals surface area contributed by atoms with Crippen molar-refractivity contribution >= 4 is 29.6 Å². The average molecular weight is 599 g/mol. The summed E-state index contributed by atoms with van der Waals surface area (Å²) in [5.74, 6) is -0.988. The van der Waals surface area contributed by atoms with Gasteiger partial charge in [0.1, 0.15) is 29.3 Å². The number of aromatic nitrogens is 2. The third-order valence-corrected chi connectivity index (χ3v) is 6.81. The van der Waals surface area contributed by atoms with E-state index in [0.717, 1.165) is 16.7 Å². The zero-order chi connectivity index (χ0) is 31.7. The van der Waals surface area contributed by atoms with Gasteiger partial charge in [0.05, 0.1) is 12.1 Å². The van der Waals surface area contributed by atoms with Crippen LogP contribution >= 0.6 is 0 Å². The second-order valence-electron chi connectivity index (χ2n) is 11.2. The van der Waals surface area contributed by atoms with Crippen LogP contribution in [-0.4, -0.2) is 46.6 Å². The number of nitrogens with zero attached hydrogens (tertiary/aromatic N) is 2. The van der Waals surface area contributed by atoms with Crippen LogP contribution in [0, 0.1) is 5.92 Å². The number of carbonyl (C=O) groups excluding carboxylic acids is 3. The highest BCUT2D eigenvalue weighted by Crippen LogP contribution is 2.41. The van der Waals surface area contributed by atoms with Crippen LogP contribution in [0.15, 0.2) is 97.2 Å². The van der Waals surface area contributed by atoms with Gasteiger partial charge in [-0.2, -0.15) is 5.10 Å². The molecule has 3 aromatic carbocycles. The summed E-state index contributed by atoms with van der Waals surface area (Å²) in [6, 6.07) is 30.0. The van der Waals surface area contributed by atoms with Crippen LogP contribution in [0.2, 0.25) is 0 Å². The number of rotatable bonds is 11. The molecule has 4 rings (SSSR count). The van der Waals surface area contributed by atoms with Gasteiger partial charge < -0.3 is 31.2 Å². The van der Waals surface area contributed by atoms with Gasteiger partial charge >= 0.3 is 12.2 Å². The Bertz CT molecular complexity index is 1460. The fraction of sp³-hybridized carbons (Fsp3) is 0.273. The maximum atomic E-state index is 13.6. The highest BCUT2D eigenvalue weighted by molar-refractivity contribution is 5.96. The number of carbonyl (C=O) groups is 3. The number of alkyl carbamates (subject to hydrolysis) is 1. The van der Waals surface area contributed by atoms with Crippen molar-refractivity contribution in [2.45, 2.75) is 31.9 Å². The lowest BCUT2D eigenvalue weighted by Gasteiger charge is -2.38. The van der Waals surface area contributed by atoms with Crippen LogP contribution in [0.3, 0.4) is 0 Å². The van der Waals surface area contributed by atoms with E-state index in [1.165, 1.54) is 6.20 Å². The topological polar surface area (TPSA) is 150 Å². The zero-order valence-electron chi connectivity index (χ0n) is 25.2. The van der Waals surface area contributed by atoms with Crippen molar-refractivity contribution < 1.29 is 23.9 Å². The second-order valence-corrected chi connectivity index (χ2v) is 11.2. The standard InChI is InChI=1S/C33H38N6O5/c1-32(2,3)44-31(42)35-20-23(22-43-30(34)41)29(40)37-27-21-36-39(4)28(27)38-33(24-14-8-5-9-15-24,25-16-10-6-11-17-25)26-18-12-7-13-19-26/h5-19,21,23,38H,20,22H2,1-4H3,(H2,34,41)(H,35,42)(H,37,40). The molecule has 0 fully saturated rings. The molecule has 0 aliphatic rings. The Morgan fingerprint density at radius 3 is 1.82 bits per heavy atom. The van der Waals surface area contributed by atoms with Gasteiger partial charge in [-0.15, -0.1) is 0 Å². The summed E-state index contributed by atoms with van der Waals surface area (Å²) < 4.78 is 11.8. The number of nitrogens with two attached hydrogens (primary N) is 1. The van der Waals surface area contributed by atoms with E-state index in [1.807, 2.05) is 91.0 Å². The molecule has 5 N–H and O–H groups in total. The Balaban J connectivity index is 1.70. The van der Waals surface area contributed by atoms with Gasteiger partial charge in [0.15, 0.2) is 0 Å². The van der Waals surface area contributed by atoms with E-state index >= 15 is 0 Å². The lowest BCUT2D eigenvalue weighted by atomic mass is 9.77. The first-order chi connectivity index (χ1) is 21.0. The molecule has 0 radical (unpaired) electrons. The molecular formula is C33H38N6O5. The lowest BCUT2D eigenvalue weighted by Crippen LogP contribution is -2.41. The third kappa shape index (κ3) is 7.74. The summed E-state index contributed by atoms with van der Waals surface area (Å²) in [7, 11) is 1.77. The minimum Gasteiger partial charge on any atom is -0.449 e. The summed E-state index contributed by atoms with van der Waals surface area (Å²) in [4.78, 5) is 37.2. The van der Waals surface area contributed by atoms with Crippen LogP contribution in [0.5, 0.6) is 0 Å². The van der Waals surface area contributed by atoms with Gasteiger partial charge in [0.25, 0.3) is 0 Å². The van der Waals surface area contributed by atoms with Crippen molar-refractivity contribution in [1.82, 2.24) is 15.1 Å². The van der Waals surface area contributed by atoms with E-state index in [-0.39, 0.29) is 13.2 Å². The number of primary amides is 1. The molecule has 44 heavy (non-hydrogen) atoms. The molecule has 1 atom stereocenters. The van der Waals surface area contributed by atoms with E-state index < -0.39 is 35.2 Å². The summed E-state index contributed by atoms with van der Waals surface area (Å²) in [5, 5.41) is 13.6. The Labute approximate surface area is 256 Å². The number of anilines is 2. The molecule has 0 spiro atoms. The first kappa shape index (κ1) is 31.6. The molecule has 0 aliphatic carbocycles. The van der Waals surface area contributed by atoms with Crippen LogP contribution in [-0.2, 0) is 26.9 Å². The number of hydrogen-bond acceptors (Lipinski definition) is 7. The molecular weight excluding hydrogens is 560 g/mol. The van der Waals surface area contributed by atoms with E-state index in [9.17, 15) is 14.4 Å². The number of aryl methyl sites for hydroxylation is 1. The predicted octanol–water partition coefficient (Wildman–Crippen LogP) is 5.00. The first-order valence-electron chi connectivity index (χ1n) is 14.2. The van der Waals surface area contributed by atoms with Gasteiger partial charge in [-0.05, 0) is 37.5 Å². The number of benzene rings is 3. The minimum atomic E-state index is -1.04. The largest absolute Gasteiger partial charge is 0.449 e. The van der Waals surface area contributed by atoms with Crippen molar-refractivity contribution in [3.63, 3.8) is 0 Å². The van der Waals surface area contributed by atoms with Crippen molar-refractivity contribution in [3.8, 4) is 0 Å². The van der Waals surface area contributed by atoms with Crippen LogP contribution in [0.25, 0.3) is 0 Å². The maximum Gasteiger partial charge on any atom is 0.407 e. The maximum absolute atomic E-state index is 13.6. The molecule has 11 nitrogen and oxygen atoms in total. The zero-order valence-corrected chi connectivity index (χ0v) is 25.2. The summed E-state index contributed by atoms with van der Waals surface area (Å²) >= 11 is 0. The second kappa shape index (κ2) is 13.8. The van der Waals surface area contributed by atoms with Crippen LogP contribution in [0.1, 0.15) is 37.5 Å². The SMILES string of the molecule is Cn1ncc(NC(=O)C(CNC(=O)OC(C)(C)C)COC(N)=O)c1NC(c1ccccc1)(c1ccccc1)c1ccccc1. The summed E-state index contributed by atoms with van der Waals surface area (Å²) in [6.07, 6.45) is -0.224. The lowest BCUT2D eigenvalue weighted by molar-refractivity contribution is -0.120. The molecule has 1 aromatic heterocycles. The molecule has 0 aliphatic heterocycles. The average Bonchev–Trinajstić information content (AvgIpc) is 3.33. The molecule has 1 heterocycles. The van der Waals surface area contributed by atoms with Crippen molar-refractivity contribution in [2.24, 2.45) is 18.7 Å². The molecule has 3 amide bonds. The van der Waals surface area contributed by atoms with Gasteiger partial charge in [-0.25, -0.2) is 9.59 Å². The molecule has 4 aromatic rings. The normalized spacial score (nSPS) is 12.1. The smallest absolute Gasteiger partial charge is 0.407 e.